The van der Waals surface area contributed by atoms with E-state index in [9.17, 15) is 24.9 Å². The maximum absolute atomic E-state index is 12.3. The van der Waals surface area contributed by atoms with Gasteiger partial charge < -0.3 is 20.4 Å². The minimum atomic E-state index is -1.16. The van der Waals surface area contributed by atoms with Crippen LogP contribution < -0.4 is 0 Å². The summed E-state index contributed by atoms with van der Waals surface area (Å²) in [5.41, 5.74) is 0.964. The van der Waals surface area contributed by atoms with Crippen LogP contribution in [0.4, 0.5) is 0 Å². The maximum Gasteiger partial charge on any atom is 0.328 e. The molecule has 0 bridgehead atoms. The molecule has 2 aromatic rings. The van der Waals surface area contributed by atoms with Crippen molar-refractivity contribution in [1.29, 1.82) is 0 Å². The molecule has 0 unspecified atom stereocenters. The number of carboxylic acid groups (broad SMARTS) is 1. The van der Waals surface area contributed by atoms with Crippen molar-refractivity contribution < 1.29 is 30.0 Å². The third-order valence-corrected chi connectivity index (χ3v) is 3.13. The minimum Gasteiger partial charge on any atom is -0.508 e. The van der Waals surface area contributed by atoms with Gasteiger partial charge in [0, 0.05) is 11.6 Å². The molecule has 6 heteroatoms. The molecular formula is C18H14O6. The van der Waals surface area contributed by atoms with E-state index in [-0.39, 0.29) is 22.8 Å². The van der Waals surface area contributed by atoms with Crippen LogP contribution in [0.25, 0.3) is 12.2 Å². The van der Waals surface area contributed by atoms with Crippen LogP contribution in [0.2, 0.25) is 0 Å². The standard InChI is InChI=1S/C18H14O6/c19-13-5-3-12(4-8-18(23)24)14(10-13)15(20)6-1-11-2-7-16(21)17(22)9-11/h1-10,19,21-22H,(H,23,24). The molecule has 2 aromatic carbocycles. The van der Waals surface area contributed by atoms with Gasteiger partial charge in [-0.15, -0.1) is 0 Å². The summed E-state index contributed by atoms with van der Waals surface area (Å²) in [6.45, 7) is 0. The van der Waals surface area contributed by atoms with Gasteiger partial charge in [0.1, 0.15) is 5.75 Å². The summed E-state index contributed by atoms with van der Waals surface area (Å²) in [6, 6.07) is 8.10. The maximum atomic E-state index is 12.3. The monoisotopic (exact) mass is 326 g/mol. The van der Waals surface area contributed by atoms with Crippen LogP contribution >= 0.6 is 0 Å². The van der Waals surface area contributed by atoms with Crippen LogP contribution in [0.3, 0.4) is 0 Å². The first-order chi connectivity index (χ1) is 11.4. The number of allylic oxidation sites excluding steroid dienone is 1. The van der Waals surface area contributed by atoms with Gasteiger partial charge in [-0.1, -0.05) is 18.2 Å². The van der Waals surface area contributed by atoms with Crippen molar-refractivity contribution in [2.75, 3.05) is 0 Å². The highest BCUT2D eigenvalue weighted by Crippen LogP contribution is 2.25. The van der Waals surface area contributed by atoms with Crippen molar-refractivity contribution in [3.8, 4) is 17.2 Å². The van der Waals surface area contributed by atoms with Gasteiger partial charge in [0.25, 0.3) is 0 Å². The van der Waals surface area contributed by atoms with Crippen molar-refractivity contribution in [1.82, 2.24) is 0 Å². The van der Waals surface area contributed by atoms with Crippen LogP contribution in [-0.2, 0) is 4.79 Å². The van der Waals surface area contributed by atoms with E-state index in [4.69, 9.17) is 5.11 Å². The molecule has 6 nitrogen and oxygen atoms in total. The fourth-order valence-electron chi connectivity index (χ4n) is 1.97. The lowest BCUT2D eigenvalue weighted by molar-refractivity contribution is -0.131. The highest BCUT2D eigenvalue weighted by molar-refractivity contribution is 6.09. The number of phenolic OH excluding ortho intramolecular Hbond substituents is 3. The van der Waals surface area contributed by atoms with E-state index in [1.807, 2.05) is 0 Å². The second kappa shape index (κ2) is 7.15. The van der Waals surface area contributed by atoms with Crippen molar-refractivity contribution in [2.45, 2.75) is 0 Å². The quantitative estimate of drug-likeness (QED) is 0.381. The molecule has 0 radical (unpaired) electrons. The summed E-state index contributed by atoms with van der Waals surface area (Å²) < 4.78 is 0. The molecule has 0 aliphatic heterocycles. The van der Waals surface area contributed by atoms with E-state index in [1.165, 1.54) is 54.6 Å². The minimum absolute atomic E-state index is 0.124. The molecule has 4 N–H and O–H groups in total. The van der Waals surface area contributed by atoms with Crippen molar-refractivity contribution in [2.24, 2.45) is 0 Å². The molecule has 0 saturated heterocycles. The number of aliphatic carboxylic acids is 1. The Morgan fingerprint density at radius 2 is 1.58 bits per heavy atom. The predicted molar refractivity (Wildman–Crippen MR) is 87.9 cm³/mol. The normalized spacial score (nSPS) is 11.2. The zero-order valence-corrected chi connectivity index (χ0v) is 12.4. The van der Waals surface area contributed by atoms with Crippen molar-refractivity contribution in [3.63, 3.8) is 0 Å². The summed E-state index contributed by atoms with van der Waals surface area (Å²) >= 11 is 0. The Kier molecular flexibility index (Phi) is 5.01. The third-order valence-electron chi connectivity index (χ3n) is 3.13. The number of ketones is 1. The van der Waals surface area contributed by atoms with Crippen molar-refractivity contribution >= 4 is 23.9 Å². The average Bonchev–Trinajstić information content (AvgIpc) is 2.54. The van der Waals surface area contributed by atoms with E-state index < -0.39 is 11.8 Å². The Hall–Kier alpha value is -3.54. The second-order valence-corrected chi connectivity index (χ2v) is 4.89. The molecule has 122 valence electrons. The predicted octanol–water partition coefficient (Wildman–Crippen LogP) is 2.80. The van der Waals surface area contributed by atoms with E-state index in [0.717, 1.165) is 6.08 Å². The van der Waals surface area contributed by atoms with Gasteiger partial charge in [0.05, 0.1) is 0 Å². The summed E-state index contributed by atoms with van der Waals surface area (Å²) in [6.07, 6.45) is 4.80. The molecule has 2 rings (SSSR count). The number of aromatic hydroxyl groups is 3. The number of hydrogen-bond donors (Lipinski definition) is 4. The van der Waals surface area contributed by atoms with Gasteiger partial charge in [0.2, 0.25) is 0 Å². The Morgan fingerprint density at radius 3 is 2.25 bits per heavy atom. The Balaban J connectivity index is 2.31. The first-order valence-corrected chi connectivity index (χ1v) is 6.85. The molecule has 0 saturated carbocycles. The lowest BCUT2D eigenvalue weighted by Gasteiger charge is -2.04. The summed E-state index contributed by atoms with van der Waals surface area (Å²) in [4.78, 5) is 22.9. The van der Waals surface area contributed by atoms with Gasteiger partial charge >= 0.3 is 5.97 Å². The number of rotatable bonds is 5. The van der Waals surface area contributed by atoms with E-state index >= 15 is 0 Å². The van der Waals surface area contributed by atoms with Crippen LogP contribution in [-0.4, -0.2) is 32.2 Å². The van der Waals surface area contributed by atoms with E-state index in [0.29, 0.717) is 11.1 Å². The fourth-order valence-corrected chi connectivity index (χ4v) is 1.97. The van der Waals surface area contributed by atoms with E-state index in [1.54, 1.807) is 0 Å². The molecule has 0 fully saturated rings. The topological polar surface area (TPSA) is 115 Å². The van der Waals surface area contributed by atoms with Gasteiger partial charge in [-0.3, -0.25) is 4.79 Å². The van der Waals surface area contributed by atoms with Gasteiger partial charge in [0.15, 0.2) is 17.3 Å². The molecular weight excluding hydrogens is 312 g/mol. The molecule has 24 heavy (non-hydrogen) atoms. The molecule has 0 spiro atoms. The lowest BCUT2D eigenvalue weighted by atomic mass is 10.0. The number of carbonyl (C=O) groups excluding carboxylic acids is 1. The first-order valence-electron chi connectivity index (χ1n) is 6.85. The third kappa shape index (κ3) is 4.23. The highest BCUT2D eigenvalue weighted by Gasteiger charge is 2.09. The summed E-state index contributed by atoms with van der Waals surface area (Å²) in [7, 11) is 0. The van der Waals surface area contributed by atoms with Gasteiger partial charge in [-0.25, -0.2) is 4.79 Å². The zero-order chi connectivity index (χ0) is 17.7. The average molecular weight is 326 g/mol. The van der Waals surface area contributed by atoms with Gasteiger partial charge in [-0.05, 0) is 47.5 Å². The SMILES string of the molecule is O=C(O)C=Cc1ccc(O)cc1C(=O)C=Cc1ccc(O)c(O)c1. The Labute approximate surface area is 137 Å². The molecule has 0 amide bonds. The molecule has 0 aliphatic rings. The van der Waals surface area contributed by atoms with Crippen LogP contribution in [0.1, 0.15) is 21.5 Å². The molecule has 0 atom stereocenters. The molecule has 0 aliphatic carbocycles. The van der Waals surface area contributed by atoms with Crippen LogP contribution in [0.5, 0.6) is 17.2 Å². The molecule has 0 heterocycles. The van der Waals surface area contributed by atoms with Crippen LogP contribution in [0, 0.1) is 0 Å². The highest BCUT2D eigenvalue weighted by atomic mass is 16.4. The summed E-state index contributed by atoms with van der Waals surface area (Å²) in [5, 5.41) is 36.9. The van der Waals surface area contributed by atoms with Crippen molar-refractivity contribution in [3.05, 3.63) is 65.2 Å². The number of carboxylic acids is 1. The van der Waals surface area contributed by atoms with Crippen LogP contribution in [0.15, 0.2) is 48.6 Å². The Morgan fingerprint density at radius 1 is 0.833 bits per heavy atom. The number of benzene rings is 2. The van der Waals surface area contributed by atoms with Gasteiger partial charge in [-0.2, -0.15) is 0 Å². The second-order valence-electron chi connectivity index (χ2n) is 4.89. The molecule has 0 aromatic heterocycles. The largest absolute Gasteiger partial charge is 0.508 e. The van der Waals surface area contributed by atoms with E-state index in [2.05, 4.69) is 0 Å². The Bertz CT molecular complexity index is 849. The number of hydrogen-bond acceptors (Lipinski definition) is 5. The summed E-state index contributed by atoms with van der Waals surface area (Å²) in [5.74, 6) is -2.32. The zero-order valence-electron chi connectivity index (χ0n) is 12.4. The first kappa shape index (κ1) is 16.8. The number of phenols is 3. The fraction of sp³-hybridized carbons (Fsp3) is 0. The lowest BCUT2D eigenvalue weighted by Crippen LogP contribution is -1.98. The number of carbonyl (C=O) groups is 2. The smallest absolute Gasteiger partial charge is 0.328 e.